The van der Waals surface area contributed by atoms with E-state index in [1.54, 1.807) is 0 Å². The van der Waals surface area contributed by atoms with Crippen LogP contribution in [0.2, 0.25) is 0 Å². The monoisotopic (exact) mass is 287 g/mol. The number of Topliss-reactive ketones (excluding diaryl/α,β-unsaturated/α-hetero) is 1. The van der Waals surface area contributed by atoms with Crippen molar-refractivity contribution in [1.82, 2.24) is 4.90 Å². The number of hydrogen-bond donors (Lipinski definition) is 1. The van der Waals surface area contributed by atoms with E-state index in [-0.39, 0.29) is 24.0 Å². The molecule has 2 atom stereocenters. The molecule has 1 N–H and O–H groups in total. The Labute approximate surface area is 124 Å². The molecule has 1 aromatic carbocycles. The molecule has 1 aliphatic carbocycles. The first kappa shape index (κ1) is 14.3. The summed E-state index contributed by atoms with van der Waals surface area (Å²) in [4.78, 5) is 26.5. The van der Waals surface area contributed by atoms with Crippen LogP contribution in [0.4, 0.5) is 0 Å². The van der Waals surface area contributed by atoms with Gasteiger partial charge in [-0.2, -0.15) is 0 Å². The lowest BCUT2D eigenvalue weighted by molar-refractivity contribution is -0.163. The smallest absolute Gasteiger partial charge is 0.315 e. The van der Waals surface area contributed by atoms with Gasteiger partial charge in [0.1, 0.15) is 11.2 Å². The fraction of sp³-hybridized carbons (Fsp3) is 0.529. The second-order valence-corrected chi connectivity index (χ2v) is 6.40. The number of aliphatic carboxylic acids is 1. The summed E-state index contributed by atoms with van der Waals surface area (Å²) >= 11 is 0. The predicted molar refractivity (Wildman–Crippen MR) is 79.1 cm³/mol. The zero-order valence-electron chi connectivity index (χ0n) is 12.3. The van der Waals surface area contributed by atoms with E-state index in [0.29, 0.717) is 0 Å². The zero-order chi connectivity index (χ0) is 15.0. The van der Waals surface area contributed by atoms with Crippen molar-refractivity contribution in [2.75, 3.05) is 20.1 Å². The van der Waals surface area contributed by atoms with E-state index < -0.39 is 11.4 Å². The summed E-state index contributed by atoms with van der Waals surface area (Å²) in [7, 11) is 2.07. The molecule has 0 aromatic heterocycles. The second-order valence-electron chi connectivity index (χ2n) is 6.40. The molecular weight excluding hydrogens is 266 g/mol. The largest absolute Gasteiger partial charge is 0.481 e. The Morgan fingerprint density at radius 2 is 1.86 bits per heavy atom. The first-order valence-electron chi connectivity index (χ1n) is 7.56. The van der Waals surface area contributed by atoms with Gasteiger partial charge < -0.3 is 10.0 Å². The summed E-state index contributed by atoms with van der Waals surface area (Å²) in [6, 6.07) is 9.29. The zero-order valence-corrected chi connectivity index (χ0v) is 12.3. The van der Waals surface area contributed by atoms with E-state index in [2.05, 4.69) is 11.9 Å². The topological polar surface area (TPSA) is 57.6 Å². The van der Waals surface area contributed by atoms with Crippen molar-refractivity contribution in [3.8, 4) is 0 Å². The van der Waals surface area contributed by atoms with Gasteiger partial charge in [-0.1, -0.05) is 30.3 Å². The summed E-state index contributed by atoms with van der Waals surface area (Å²) in [5.41, 5.74) is -0.222. The molecule has 21 heavy (non-hydrogen) atoms. The molecular formula is C17H21NO3. The van der Waals surface area contributed by atoms with E-state index in [1.807, 2.05) is 30.3 Å². The van der Waals surface area contributed by atoms with E-state index in [1.165, 1.54) is 0 Å². The lowest BCUT2D eigenvalue weighted by Crippen LogP contribution is -2.61. The van der Waals surface area contributed by atoms with Crippen molar-refractivity contribution < 1.29 is 14.7 Å². The van der Waals surface area contributed by atoms with Gasteiger partial charge in [-0.25, -0.2) is 0 Å². The number of carbonyl (C=O) groups excluding carboxylic acids is 1. The van der Waals surface area contributed by atoms with Crippen LogP contribution in [0.5, 0.6) is 0 Å². The highest BCUT2D eigenvalue weighted by Crippen LogP contribution is 2.52. The molecule has 1 heterocycles. The molecule has 0 bridgehead atoms. The van der Waals surface area contributed by atoms with Gasteiger partial charge in [0.2, 0.25) is 0 Å². The maximum Gasteiger partial charge on any atom is 0.315 e. The Morgan fingerprint density at radius 3 is 2.38 bits per heavy atom. The SMILES string of the molecule is CN1CCC(C2C(=O)CC2(C(=O)O)c2ccccc2)CC1. The lowest BCUT2D eigenvalue weighted by atomic mass is 9.51. The molecule has 4 nitrogen and oxygen atoms in total. The minimum Gasteiger partial charge on any atom is -0.481 e. The molecule has 2 unspecified atom stereocenters. The molecule has 0 spiro atoms. The average Bonchev–Trinajstić information content (AvgIpc) is 2.47. The maximum atomic E-state index is 12.2. The predicted octanol–water partition coefficient (Wildman–Crippen LogP) is 1.94. The van der Waals surface area contributed by atoms with Gasteiger partial charge in [-0.05, 0) is 44.5 Å². The molecule has 0 amide bonds. The Bertz CT molecular complexity index is 548. The van der Waals surface area contributed by atoms with Crippen LogP contribution in [0.1, 0.15) is 24.8 Å². The Kier molecular flexibility index (Phi) is 3.57. The van der Waals surface area contributed by atoms with Crippen molar-refractivity contribution in [2.24, 2.45) is 11.8 Å². The van der Waals surface area contributed by atoms with Crippen LogP contribution >= 0.6 is 0 Å². The molecule has 2 fully saturated rings. The standard InChI is InChI=1S/C17H21NO3/c1-18-9-7-12(8-10-18)15-14(19)11-17(15,16(20)21)13-5-3-2-4-6-13/h2-6,12,15H,7-11H2,1H3,(H,20,21). The summed E-state index contributed by atoms with van der Waals surface area (Å²) in [5.74, 6) is -0.891. The Morgan fingerprint density at radius 1 is 1.24 bits per heavy atom. The number of carbonyl (C=O) groups is 2. The van der Waals surface area contributed by atoms with Crippen LogP contribution in [0.25, 0.3) is 0 Å². The number of ketones is 1. The van der Waals surface area contributed by atoms with E-state index in [0.717, 1.165) is 31.5 Å². The quantitative estimate of drug-likeness (QED) is 0.923. The third-order valence-electron chi connectivity index (χ3n) is 5.24. The third kappa shape index (κ3) is 2.18. The number of hydrogen-bond acceptors (Lipinski definition) is 3. The Hall–Kier alpha value is -1.68. The lowest BCUT2D eigenvalue weighted by Gasteiger charge is -2.50. The number of piperidine rings is 1. The highest BCUT2D eigenvalue weighted by Gasteiger charge is 2.62. The summed E-state index contributed by atoms with van der Waals surface area (Å²) in [6.45, 7) is 1.89. The molecule has 112 valence electrons. The van der Waals surface area contributed by atoms with Crippen molar-refractivity contribution in [2.45, 2.75) is 24.7 Å². The number of benzene rings is 1. The van der Waals surface area contributed by atoms with Crippen molar-refractivity contribution in [3.05, 3.63) is 35.9 Å². The van der Waals surface area contributed by atoms with Gasteiger partial charge in [-0.3, -0.25) is 9.59 Å². The first-order valence-corrected chi connectivity index (χ1v) is 7.56. The molecule has 1 aliphatic heterocycles. The number of nitrogens with zero attached hydrogens (tertiary/aromatic N) is 1. The second kappa shape index (κ2) is 5.26. The number of carboxylic acids is 1. The van der Waals surface area contributed by atoms with Crippen LogP contribution in [-0.4, -0.2) is 41.9 Å². The van der Waals surface area contributed by atoms with Crippen LogP contribution in [0.15, 0.2) is 30.3 Å². The van der Waals surface area contributed by atoms with Gasteiger partial charge in [0.05, 0.1) is 0 Å². The van der Waals surface area contributed by atoms with Crippen molar-refractivity contribution >= 4 is 11.8 Å². The molecule has 1 saturated carbocycles. The molecule has 0 radical (unpaired) electrons. The normalized spacial score (nSPS) is 30.9. The van der Waals surface area contributed by atoms with Crippen LogP contribution in [-0.2, 0) is 15.0 Å². The van der Waals surface area contributed by atoms with Gasteiger partial charge in [-0.15, -0.1) is 0 Å². The third-order valence-corrected chi connectivity index (χ3v) is 5.24. The highest BCUT2D eigenvalue weighted by molar-refractivity contribution is 6.03. The van der Waals surface area contributed by atoms with E-state index in [9.17, 15) is 14.7 Å². The molecule has 1 aromatic rings. The average molecular weight is 287 g/mol. The van der Waals surface area contributed by atoms with E-state index in [4.69, 9.17) is 0 Å². The highest BCUT2D eigenvalue weighted by atomic mass is 16.4. The summed E-state index contributed by atoms with van der Waals surface area (Å²) < 4.78 is 0. The van der Waals surface area contributed by atoms with Gasteiger partial charge >= 0.3 is 5.97 Å². The van der Waals surface area contributed by atoms with Crippen LogP contribution in [0.3, 0.4) is 0 Å². The van der Waals surface area contributed by atoms with Gasteiger partial charge in [0.15, 0.2) is 0 Å². The summed E-state index contributed by atoms with van der Waals surface area (Å²) in [6.07, 6.45) is 1.97. The molecule has 2 aliphatic rings. The fourth-order valence-electron chi connectivity index (χ4n) is 4.01. The Balaban J connectivity index is 1.94. The van der Waals surface area contributed by atoms with Gasteiger partial charge in [0, 0.05) is 12.3 Å². The first-order chi connectivity index (χ1) is 10.1. The molecule has 4 heteroatoms. The number of carboxylic acid groups (broad SMARTS) is 1. The van der Waals surface area contributed by atoms with Crippen molar-refractivity contribution in [3.63, 3.8) is 0 Å². The maximum absolute atomic E-state index is 12.2. The number of rotatable bonds is 3. The molecule has 3 rings (SSSR count). The van der Waals surface area contributed by atoms with E-state index >= 15 is 0 Å². The van der Waals surface area contributed by atoms with Gasteiger partial charge in [0.25, 0.3) is 0 Å². The molecule has 1 saturated heterocycles. The minimum atomic E-state index is -1.00. The van der Waals surface area contributed by atoms with Crippen LogP contribution < -0.4 is 0 Å². The van der Waals surface area contributed by atoms with Crippen LogP contribution in [0, 0.1) is 11.8 Å². The minimum absolute atomic E-state index is 0.121. The summed E-state index contributed by atoms with van der Waals surface area (Å²) in [5, 5.41) is 9.85. The van der Waals surface area contributed by atoms with Crippen molar-refractivity contribution in [1.29, 1.82) is 0 Å². The number of likely N-dealkylation sites (tertiary alicyclic amines) is 1. The fourth-order valence-corrected chi connectivity index (χ4v) is 4.01.